The maximum absolute atomic E-state index is 12.4. The first kappa shape index (κ1) is 17.3. The lowest BCUT2D eigenvalue weighted by Gasteiger charge is -2.21. The van der Waals surface area contributed by atoms with E-state index in [2.05, 4.69) is 0 Å². The zero-order valence-electron chi connectivity index (χ0n) is 13.7. The number of ether oxygens (including phenoxy) is 2. The maximum atomic E-state index is 12.4. The van der Waals surface area contributed by atoms with Gasteiger partial charge in [-0.3, -0.25) is 4.79 Å². The predicted molar refractivity (Wildman–Crippen MR) is 88.0 cm³/mol. The van der Waals surface area contributed by atoms with Crippen LogP contribution in [0.15, 0.2) is 48.5 Å². The lowest BCUT2D eigenvalue weighted by molar-refractivity contribution is -0.138. The Labute approximate surface area is 140 Å². The summed E-state index contributed by atoms with van der Waals surface area (Å²) >= 11 is 0. The minimum absolute atomic E-state index is 0.0677. The lowest BCUT2D eigenvalue weighted by atomic mass is 10.1. The van der Waals surface area contributed by atoms with Gasteiger partial charge in [0.25, 0.3) is 5.91 Å². The van der Waals surface area contributed by atoms with Crippen LogP contribution in [0.1, 0.15) is 22.0 Å². The van der Waals surface area contributed by atoms with Gasteiger partial charge >= 0.3 is 5.97 Å². The number of phenols is 1. The number of amides is 1. The number of methoxy groups -OCH3 is 1. The van der Waals surface area contributed by atoms with Gasteiger partial charge in [0.15, 0.2) is 0 Å². The molecule has 0 aliphatic heterocycles. The van der Waals surface area contributed by atoms with Gasteiger partial charge in [-0.25, -0.2) is 4.79 Å². The van der Waals surface area contributed by atoms with Crippen molar-refractivity contribution < 1.29 is 24.2 Å². The number of phenolic OH excluding ortho intramolecular Hbond substituents is 1. The summed E-state index contributed by atoms with van der Waals surface area (Å²) in [7, 11) is 4.61. The Morgan fingerprint density at radius 1 is 1.08 bits per heavy atom. The summed E-state index contributed by atoms with van der Waals surface area (Å²) in [6.45, 7) is 0. The molecule has 0 fully saturated rings. The van der Waals surface area contributed by atoms with Crippen molar-refractivity contribution in [2.75, 3.05) is 21.2 Å². The van der Waals surface area contributed by atoms with E-state index in [0.717, 1.165) is 0 Å². The summed E-state index contributed by atoms with van der Waals surface area (Å²) in [6, 6.07) is 12.9. The second kappa shape index (κ2) is 7.50. The Bertz CT molecular complexity index is 727. The predicted octanol–water partition coefficient (Wildman–Crippen LogP) is 2.39. The van der Waals surface area contributed by atoms with Crippen molar-refractivity contribution in [3.05, 3.63) is 59.7 Å². The summed E-state index contributed by atoms with van der Waals surface area (Å²) in [6.07, 6.45) is -1.10. The minimum Gasteiger partial charge on any atom is -0.507 e. The van der Waals surface area contributed by atoms with E-state index in [9.17, 15) is 14.7 Å². The fourth-order valence-electron chi connectivity index (χ4n) is 2.10. The van der Waals surface area contributed by atoms with Crippen molar-refractivity contribution in [1.29, 1.82) is 0 Å². The fourth-order valence-corrected chi connectivity index (χ4v) is 2.10. The van der Waals surface area contributed by atoms with Crippen molar-refractivity contribution >= 4 is 11.9 Å². The first-order valence-corrected chi connectivity index (χ1v) is 7.28. The van der Waals surface area contributed by atoms with E-state index in [0.29, 0.717) is 11.3 Å². The van der Waals surface area contributed by atoms with Crippen molar-refractivity contribution in [3.8, 4) is 11.5 Å². The number of benzene rings is 2. The molecule has 0 bridgehead atoms. The zero-order valence-corrected chi connectivity index (χ0v) is 13.7. The number of hydrogen-bond acceptors (Lipinski definition) is 5. The molecule has 6 nitrogen and oxygen atoms in total. The van der Waals surface area contributed by atoms with Crippen LogP contribution < -0.4 is 4.74 Å². The van der Waals surface area contributed by atoms with Gasteiger partial charge in [0.1, 0.15) is 17.1 Å². The Morgan fingerprint density at radius 3 is 2.33 bits per heavy atom. The Balaban J connectivity index is 2.33. The highest BCUT2D eigenvalue weighted by Crippen LogP contribution is 2.27. The zero-order chi connectivity index (χ0) is 17.7. The third-order valence-electron chi connectivity index (χ3n) is 3.42. The molecular formula is C18H19NO5. The minimum atomic E-state index is -1.10. The molecule has 0 spiro atoms. The molecule has 2 aromatic carbocycles. The average Bonchev–Trinajstić information content (AvgIpc) is 2.60. The highest BCUT2D eigenvalue weighted by Gasteiger charge is 2.28. The van der Waals surface area contributed by atoms with Crippen LogP contribution in [-0.2, 0) is 9.53 Å². The number of aromatic hydroxyl groups is 1. The molecule has 1 atom stereocenters. The molecule has 0 saturated heterocycles. The second-order valence-corrected chi connectivity index (χ2v) is 5.31. The highest BCUT2D eigenvalue weighted by atomic mass is 16.5. The molecule has 2 aromatic rings. The van der Waals surface area contributed by atoms with Gasteiger partial charge in [-0.05, 0) is 18.2 Å². The molecule has 0 aliphatic carbocycles. The quantitative estimate of drug-likeness (QED) is 0.853. The van der Waals surface area contributed by atoms with Gasteiger partial charge in [0.05, 0.1) is 7.11 Å². The summed E-state index contributed by atoms with van der Waals surface area (Å²) in [4.78, 5) is 26.2. The van der Waals surface area contributed by atoms with E-state index >= 15 is 0 Å². The molecule has 2 rings (SSSR count). The van der Waals surface area contributed by atoms with E-state index in [4.69, 9.17) is 9.47 Å². The van der Waals surface area contributed by atoms with Gasteiger partial charge in [-0.15, -0.1) is 0 Å². The van der Waals surface area contributed by atoms with Gasteiger partial charge in [-0.1, -0.05) is 30.3 Å². The monoisotopic (exact) mass is 329 g/mol. The van der Waals surface area contributed by atoms with Crippen LogP contribution in [0.5, 0.6) is 11.5 Å². The normalized spacial score (nSPS) is 11.5. The van der Waals surface area contributed by atoms with Crippen LogP contribution in [0.25, 0.3) is 0 Å². The van der Waals surface area contributed by atoms with Gasteiger partial charge < -0.3 is 19.5 Å². The number of likely N-dealkylation sites (N-methyl/N-ethyl adjacent to an activating group) is 1. The van der Waals surface area contributed by atoms with Crippen LogP contribution >= 0.6 is 0 Å². The molecular weight excluding hydrogens is 310 g/mol. The first-order valence-electron chi connectivity index (χ1n) is 7.28. The Morgan fingerprint density at radius 2 is 1.75 bits per heavy atom. The molecule has 0 aliphatic rings. The number of hydrogen-bond donors (Lipinski definition) is 1. The largest absolute Gasteiger partial charge is 0.507 e. The molecule has 1 N–H and O–H groups in total. The van der Waals surface area contributed by atoms with Crippen LogP contribution in [0.3, 0.4) is 0 Å². The number of carbonyl (C=O) groups excluding carboxylic acids is 2. The molecule has 0 radical (unpaired) electrons. The van der Waals surface area contributed by atoms with Crippen LogP contribution in [0.4, 0.5) is 0 Å². The number of nitrogens with zero attached hydrogens (tertiary/aromatic N) is 1. The third kappa shape index (κ3) is 3.84. The maximum Gasteiger partial charge on any atom is 0.343 e. The highest BCUT2D eigenvalue weighted by molar-refractivity contribution is 5.95. The number of esters is 1. The molecule has 24 heavy (non-hydrogen) atoms. The number of rotatable bonds is 5. The molecule has 0 aromatic heterocycles. The van der Waals surface area contributed by atoms with Crippen molar-refractivity contribution in [2.24, 2.45) is 0 Å². The van der Waals surface area contributed by atoms with E-state index in [1.54, 1.807) is 44.4 Å². The van der Waals surface area contributed by atoms with Gasteiger partial charge in [0, 0.05) is 19.7 Å². The second-order valence-electron chi connectivity index (χ2n) is 5.31. The van der Waals surface area contributed by atoms with Crippen molar-refractivity contribution in [1.82, 2.24) is 4.90 Å². The molecule has 126 valence electrons. The Kier molecular flexibility index (Phi) is 5.42. The summed E-state index contributed by atoms with van der Waals surface area (Å²) in [5.41, 5.74) is 0.480. The molecule has 0 saturated carbocycles. The summed E-state index contributed by atoms with van der Waals surface area (Å²) < 4.78 is 10.4. The van der Waals surface area contributed by atoms with Gasteiger partial charge in [0.2, 0.25) is 6.10 Å². The smallest absolute Gasteiger partial charge is 0.343 e. The summed E-state index contributed by atoms with van der Waals surface area (Å²) in [5.74, 6) is -1.03. The van der Waals surface area contributed by atoms with E-state index < -0.39 is 12.1 Å². The average molecular weight is 329 g/mol. The van der Waals surface area contributed by atoms with E-state index in [1.165, 1.54) is 30.2 Å². The molecule has 1 amide bonds. The third-order valence-corrected chi connectivity index (χ3v) is 3.42. The Hall–Kier alpha value is -3.02. The molecule has 6 heteroatoms. The lowest BCUT2D eigenvalue weighted by Crippen LogP contribution is -2.31. The van der Waals surface area contributed by atoms with Crippen LogP contribution in [0, 0.1) is 0 Å². The van der Waals surface area contributed by atoms with Crippen LogP contribution in [-0.4, -0.2) is 43.1 Å². The topological polar surface area (TPSA) is 76.1 Å². The van der Waals surface area contributed by atoms with Gasteiger partial charge in [-0.2, -0.15) is 0 Å². The van der Waals surface area contributed by atoms with Crippen LogP contribution in [0.2, 0.25) is 0 Å². The SMILES string of the molecule is COc1ccc(O)c(C(=O)O[C@@H](C(=O)N(C)C)c2ccccc2)c1. The molecule has 0 heterocycles. The standard InChI is InChI=1S/C18H19NO5/c1-19(2)17(21)16(12-7-5-4-6-8-12)24-18(22)14-11-13(23-3)9-10-15(14)20/h4-11,16,20H,1-3H3/t16-/m1/s1. The van der Waals surface area contributed by atoms with E-state index in [1.807, 2.05) is 0 Å². The van der Waals surface area contributed by atoms with E-state index in [-0.39, 0.29) is 17.2 Å². The number of carbonyl (C=O) groups is 2. The fraction of sp³-hybridized carbons (Fsp3) is 0.222. The molecule has 0 unspecified atom stereocenters. The summed E-state index contributed by atoms with van der Waals surface area (Å²) in [5, 5.41) is 9.88. The van der Waals surface area contributed by atoms with Crippen molar-refractivity contribution in [3.63, 3.8) is 0 Å². The first-order chi connectivity index (χ1) is 11.4. The van der Waals surface area contributed by atoms with Crippen molar-refractivity contribution in [2.45, 2.75) is 6.10 Å².